The zero-order valence-electron chi connectivity index (χ0n) is 9.87. The van der Waals surface area contributed by atoms with E-state index in [1.165, 1.54) is 0 Å². The summed E-state index contributed by atoms with van der Waals surface area (Å²) in [5, 5.41) is 1.76. The van der Waals surface area contributed by atoms with E-state index in [1.54, 1.807) is 0 Å². The lowest BCUT2D eigenvalue weighted by atomic mass is 9.85. The number of nitrogens with two attached hydrogens (primary N) is 1. The van der Waals surface area contributed by atoms with Gasteiger partial charge in [-0.2, -0.15) is 0 Å². The second kappa shape index (κ2) is 3.76. The second-order valence-electron chi connectivity index (χ2n) is 5.33. The van der Waals surface area contributed by atoms with Gasteiger partial charge in [-0.3, -0.25) is 0 Å². The van der Waals surface area contributed by atoms with Crippen LogP contribution in [-0.4, -0.2) is 6.04 Å². The highest BCUT2D eigenvalue weighted by molar-refractivity contribution is 6.34. The average Bonchev–Trinajstić information content (AvgIpc) is 2.85. The largest absolute Gasteiger partial charge is 0.459 e. The fourth-order valence-corrected chi connectivity index (χ4v) is 3.06. The predicted molar refractivity (Wildman–Crippen MR) is 70.4 cm³/mol. The molecule has 0 radical (unpaired) electrons. The molecule has 1 aromatic carbocycles. The third-order valence-electron chi connectivity index (χ3n) is 3.87. The van der Waals surface area contributed by atoms with Crippen molar-refractivity contribution in [3.63, 3.8) is 0 Å². The molecule has 1 fully saturated rings. The molecule has 2 unspecified atom stereocenters. The van der Waals surface area contributed by atoms with Crippen LogP contribution in [0.3, 0.4) is 0 Å². The van der Waals surface area contributed by atoms with Crippen molar-refractivity contribution in [3.05, 3.63) is 35.0 Å². The van der Waals surface area contributed by atoms with Crippen molar-refractivity contribution in [2.75, 3.05) is 0 Å². The Morgan fingerprint density at radius 3 is 2.94 bits per heavy atom. The maximum atomic E-state index is 6.13. The first-order valence-electron chi connectivity index (χ1n) is 6.03. The summed E-state index contributed by atoms with van der Waals surface area (Å²) in [5.74, 6) is 1.02. The minimum Gasteiger partial charge on any atom is -0.459 e. The molecule has 0 saturated heterocycles. The lowest BCUT2D eigenvalue weighted by Gasteiger charge is -2.20. The van der Waals surface area contributed by atoms with Gasteiger partial charge in [0.05, 0.1) is 5.02 Å². The van der Waals surface area contributed by atoms with Gasteiger partial charge in [0.15, 0.2) is 5.58 Å². The molecule has 2 N–H and O–H groups in total. The van der Waals surface area contributed by atoms with Crippen molar-refractivity contribution < 1.29 is 4.42 Å². The highest BCUT2D eigenvalue weighted by Crippen LogP contribution is 2.42. The van der Waals surface area contributed by atoms with E-state index < -0.39 is 0 Å². The number of rotatable bonds is 1. The van der Waals surface area contributed by atoms with Gasteiger partial charge in [0, 0.05) is 16.8 Å². The minimum atomic E-state index is 0.0712. The number of furan rings is 1. The van der Waals surface area contributed by atoms with E-state index in [-0.39, 0.29) is 5.41 Å². The summed E-state index contributed by atoms with van der Waals surface area (Å²) in [7, 11) is 0. The molecule has 0 bridgehead atoms. The van der Waals surface area contributed by atoms with Crippen LogP contribution in [0.15, 0.2) is 28.7 Å². The number of hydrogen-bond acceptors (Lipinski definition) is 2. The molecular weight excluding hydrogens is 234 g/mol. The molecule has 1 aromatic heterocycles. The van der Waals surface area contributed by atoms with Crippen LogP contribution in [0, 0.1) is 0 Å². The lowest BCUT2D eigenvalue weighted by molar-refractivity contribution is 0.377. The monoisotopic (exact) mass is 249 g/mol. The van der Waals surface area contributed by atoms with Crippen molar-refractivity contribution in [1.29, 1.82) is 0 Å². The molecule has 2 atom stereocenters. The van der Waals surface area contributed by atoms with Crippen molar-refractivity contribution in [1.82, 2.24) is 0 Å². The third kappa shape index (κ3) is 1.76. The van der Waals surface area contributed by atoms with E-state index in [0.29, 0.717) is 11.1 Å². The molecule has 0 aliphatic heterocycles. The van der Waals surface area contributed by atoms with Gasteiger partial charge in [0.25, 0.3) is 0 Å². The Labute approximate surface area is 106 Å². The van der Waals surface area contributed by atoms with E-state index in [9.17, 15) is 0 Å². The Balaban J connectivity index is 2.10. The van der Waals surface area contributed by atoms with Gasteiger partial charge in [0.1, 0.15) is 5.76 Å². The van der Waals surface area contributed by atoms with Crippen LogP contribution in [0.1, 0.15) is 31.9 Å². The Morgan fingerprint density at radius 1 is 1.47 bits per heavy atom. The van der Waals surface area contributed by atoms with Crippen LogP contribution in [-0.2, 0) is 5.41 Å². The zero-order chi connectivity index (χ0) is 12.0. The maximum absolute atomic E-state index is 6.13. The van der Waals surface area contributed by atoms with E-state index in [0.717, 1.165) is 36.0 Å². The summed E-state index contributed by atoms with van der Waals surface area (Å²) in [6.07, 6.45) is 3.15. The lowest BCUT2D eigenvalue weighted by Crippen LogP contribution is -2.21. The Morgan fingerprint density at radius 2 is 2.29 bits per heavy atom. The molecule has 1 saturated carbocycles. The molecule has 0 amide bonds. The average molecular weight is 250 g/mol. The highest BCUT2D eigenvalue weighted by atomic mass is 35.5. The Hall–Kier alpha value is -0.990. The van der Waals surface area contributed by atoms with Gasteiger partial charge >= 0.3 is 0 Å². The molecule has 3 heteroatoms. The summed E-state index contributed by atoms with van der Waals surface area (Å²) in [6, 6.07) is 8.25. The number of benzene rings is 1. The Bertz CT molecular complexity index is 562. The second-order valence-corrected chi connectivity index (χ2v) is 5.74. The molecule has 1 heterocycles. The quantitative estimate of drug-likeness (QED) is 0.834. The smallest absolute Gasteiger partial charge is 0.152 e. The van der Waals surface area contributed by atoms with Crippen molar-refractivity contribution in [3.8, 4) is 0 Å². The van der Waals surface area contributed by atoms with Gasteiger partial charge in [-0.05, 0) is 31.4 Å². The van der Waals surface area contributed by atoms with Crippen molar-refractivity contribution >= 4 is 22.6 Å². The molecule has 17 heavy (non-hydrogen) atoms. The normalized spacial score (nSPS) is 29.0. The van der Waals surface area contributed by atoms with E-state index >= 15 is 0 Å². The van der Waals surface area contributed by atoms with Gasteiger partial charge in [-0.1, -0.05) is 30.7 Å². The molecule has 0 spiro atoms. The number of hydrogen-bond donors (Lipinski definition) is 1. The van der Waals surface area contributed by atoms with Crippen LogP contribution in [0.5, 0.6) is 0 Å². The SMILES string of the molecule is CC1(c2cc3cccc(Cl)c3o2)CCC(N)C1. The van der Waals surface area contributed by atoms with Crippen molar-refractivity contribution in [2.45, 2.75) is 37.6 Å². The molecule has 2 nitrogen and oxygen atoms in total. The Kier molecular flexibility index (Phi) is 2.46. The molecular formula is C14H16ClNO. The van der Waals surface area contributed by atoms with Gasteiger partial charge < -0.3 is 10.2 Å². The van der Waals surface area contributed by atoms with Gasteiger partial charge in [0.2, 0.25) is 0 Å². The standard InChI is InChI=1S/C14H16ClNO/c1-14(6-5-10(16)8-14)12-7-9-3-2-4-11(15)13(9)17-12/h2-4,7,10H,5-6,8,16H2,1H3. The number of fused-ring (bicyclic) bond motifs is 1. The number of para-hydroxylation sites is 1. The molecule has 2 aromatic rings. The maximum Gasteiger partial charge on any atom is 0.152 e. The summed E-state index contributed by atoms with van der Waals surface area (Å²) < 4.78 is 5.95. The van der Waals surface area contributed by atoms with Crippen LogP contribution < -0.4 is 5.73 Å². The highest BCUT2D eigenvalue weighted by Gasteiger charge is 2.37. The van der Waals surface area contributed by atoms with Gasteiger partial charge in [-0.25, -0.2) is 0 Å². The summed E-state index contributed by atoms with van der Waals surface area (Å²) in [6.45, 7) is 2.23. The van der Waals surface area contributed by atoms with E-state index in [4.69, 9.17) is 21.8 Å². The van der Waals surface area contributed by atoms with Crippen LogP contribution in [0.2, 0.25) is 5.02 Å². The molecule has 1 aliphatic carbocycles. The van der Waals surface area contributed by atoms with E-state index in [1.807, 2.05) is 18.2 Å². The topological polar surface area (TPSA) is 39.2 Å². The fraction of sp³-hybridized carbons (Fsp3) is 0.429. The summed E-state index contributed by atoms with van der Waals surface area (Å²) >= 11 is 6.13. The van der Waals surface area contributed by atoms with Crippen LogP contribution in [0.4, 0.5) is 0 Å². The minimum absolute atomic E-state index is 0.0712. The number of halogens is 1. The molecule has 90 valence electrons. The third-order valence-corrected chi connectivity index (χ3v) is 4.17. The first kappa shape index (κ1) is 11.1. The van der Waals surface area contributed by atoms with Crippen LogP contribution in [0.25, 0.3) is 11.0 Å². The van der Waals surface area contributed by atoms with Crippen LogP contribution >= 0.6 is 11.6 Å². The fourth-order valence-electron chi connectivity index (χ4n) is 2.84. The molecule has 1 aliphatic rings. The summed E-state index contributed by atoms with van der Waals surface area (Å²) in [4.78, 5) is 0. The first-order valence-corrected chi connectivity index (χ1v) is 6.40. The van der Waals surface area contributed by atoms with E-state index in [2.05, 4.69) is 13.0 Å². The predicted octanol–water partition coefficient (Wildman–Crippen LogP) is 3.86. The summed E-state index contributed by atoms with van der Waals surface area (Å²) in [5.41, 5.74) is 6.87. The first-order chi connectivity index (χ1) is 8.08. The zero-order valence-corrected chi connectivity index (χ0v) is 10.6. The van der Waals surface area contributed by atoms with Gasteiger partial charge in [-0.15, -0.1) is 0 Å². The molecule has 3 rings (SSSR count). The van der Waals surface area contributed by atoms with Crippen molar-refractivity contribution in [2.24, 2.45) is 5.73 Å².